The molecule has 12 heavy (non-hydrogen) atoms. The first kappa shape index (κ1) is 9.07. The largest absolute Gasteiger partial charge is 0.492 e. The van der Waals surface area contributed by atoms with Crippen LogP contribution in [-0.4, -0.2) is 12.9 Å². The Bertz CT molecular complexity index is 284. The zero-order valence-corrected chi connectivity index (χ0v) is 7.47. The summed E-state index contributed by atoms with van der Waals surface area (Å²) in [6.45, 7) is 2.45. The fourth-order valence-corrected chi connectivity index (χ4v) is 1.11. The number of carbonyl (C=O) groups excluding carboxylic acids is 1. The average Bonchev–Trinajstić information content (AvgIpc) is 2.09. The van der Waals surface area contributed by atoms with Crippen molar-refractivity contribution in [1.29, 1.82) is 0 Å². The van der Waals surface area contributed by atoms with E-state index >= 15 is 0 Å². The average molecular weight is 185 g/mol. The number of hydrogen-bond donors (Lipinski definition) is 0. The van der Waals surface area contributed by atoms with E-state index in [1.54, 1.807) is 18.2 Å². The van der Waals surface area contributed by atoms with Crippen LogP contribution in [-0.2, 0) is 0 Å². The fraction of sp³-hybridized carbons (Fsp3) is 0.222. The Morgan fingerprint density at radius 2 is 2.33 bits per heavy atom. The van der Waals surface area contributed by atoms with E-state index in [1.807, 2.05) is 6.92 Å². The van der Waals surface area contributed by atoms with E-state index in [0.717, 1.165) is 6.29 Å². The summed E-state index contributed by atoms with van der Waals surface area (Å²) in [7, 11) is 0. The van der Waals surface area contributed by atoms with Crippen LogP contribution in [0.5, 0.6) is 5.75 Å². The molecule has 0 fully saturated rings. The van der Waals surface area contributed by atoms with E-state index in [1.165, 1.54) is 0 Å². The van der Waals surface area contributed by atoms with Gasteiger partial charge in [-0.05, 0) is 25.1 Å². The van der Waals surface area contributed by atoms with Gasteiger partial charge in [0.15, 0.2) is 0 Å². The topological polar surface area (TPSA) is 26.3 Å². The van der Waals surface area contributed by atoms with Gasteiger partial charge >= 0.3 is 0 Å². The van der Waals surface area contributed by atoms with E-state index in [-0.39, 0.29) is 0 Å². The molecule has 64 valence electrons. The number of benzene rings is 1. The molecule has 1 aromatic carbocycles. The predicted octanol–water partition coefficient (Wildman–Crippen LogP) is 2.55. The number of aldehydes is 1. The fourth-order valence-electron chi connectivity index (χ4n) is 0.863. The second-order valence-corrected chi connectivity index (χ2v) is 2.65. The highest BCUT2D eigenvalue weighted by molar-refractivity contribution is 6.32. The molecule has 0 saturated heterocycles. The van der Waals surface area contributed by atoms with Crippen LogP contribution in [0.4, 0.5) is 0 Å². The van der Waals surface area contributed by atoms with Gasteiger partial charge in [-0.25, -0.2) is 0 Å². The van der Waals surface area contributed by atoms with Crippen molar-refractivity contribution in [2.45, 2.75) is 6.92 Å². The minimum absolute atomic E-state index is 0.474. The lowest BCUT2D eigenvalue weighted by Gasteiger charge is -2.04. The van der Waals surface area contributed by atoms with Gasteiger partial charge in [0.1, 0.15) is 12.0 Å². The van der Waals surface area contributed by atoms with Gasteiger partial charge in [-0.2, -0.15) is 0 Å². The SMILES string of the molecule is CCOc1ccc(C=O)cc1Cl. The van der Waals surface area contributed by atoms with Gasteiger partial charge in [0, 0.05) is 5.56 Å². The van der Waals surface area contributed by atoms with Crippen LogP contribution in [0.1, 0.15) is 17.3 Å². The van der Waals surface area contributed by atoms with Crippen LogP contribution < -0.4 is 4.74 Å². The van der Waals surface area contributed by atoms with Crippen LogP contribution in [0.15, 0.2) is 18.2 Å². The number of halogens is 1. The Morgan fingerprint density at radius 3 is 2.83 bits per heavy atom. The summed E-state index contributed by atoms with van der Waals surface area (Å²) >= 11 is 5.80. The summed E-state index contributed by atoms with van der Waals surface area (Å²) in [6, 6.07) is 4.94. The molecule has 0 unspecified atom stereocenters. The zero-order valence-electron chi connectivity index (χ0n) is 6.71. The quantitative estimate of drug-likeness (QED) is 0.675. The second-order valence-electron chi connectivity index (χ2n) is 2.24. The molecule has 0 atom stereocenters. The summed E-state index contributed by atoms with van der Waals surface area (Å²) in [5.41, 5.74) is 0.559. The van der Waals surface area contributed by atoms with Crippen LogP contribution in [0.2, 0.25) is 5.02 Å². The van der Waals surface area contributed by atoms with Crippen molar-refractivity contribution in [3.63, 3.8) is 0 Å². The zero-order chi connectivity index (χ0) is 8.97. The Balaban J connectivity index is 2.94. The number of rotatable bonds is 3. The van der Waals surface area contributed by atoms with Crippen molar-refractivity contribution in [1.82, 2.24) is 0 Å². The van der Waals surface area contributed by atoms with Crippen LogP contribution >= 0.6 is 11.6 Å². The Hall–Kier alpha value is -1.02. The van der Waals surface area contributed by atoms with Crippen LogP contribution in [0, 0.1) is 0 Å². The van der Waals surface area contributed by atoms with Crippen molar-refractivity contribution >= 4 is 17.9 Å². The highest BCUT2D eigenvalue weighted by Gasteiger charge is 2.00. The van der Waals surface area contributed by atoms with E-state index in [4.69, 9.17) is 16.3 Å². The highest BCUT2D eigenvalue weighted by Crippen LogP contribution is 2.24. The van der Waals surface area contributed by atoms with Crippen molar-refractivity contribution in [3.05, 3.63) is 28.8 Å². The minimum atomic E-state index is 0.474. The number of ether oxygens (including phenoxy) is 1. The molecule has 0 amide bonds. The maximum atomic E-state index is 10.3. The van der Waals surface area contributed by atoms with Gasteiger partial charge < -0.3 is 4.74 Å². The predicted molar refractivity (Wildman–Crippen MR) is 48.0 cm³/mol. The molecule has 1 aromatic rings. The number of carbonyl (C=O) groups is 1. The van der Waals surface area contributed by atoms with Gasteiger partial charge in [-0.15, -0.1) is 0 Å². The van der Waals surface area contributed by atoms with E-state index < -0.39 is 0 Å². The minimum Gasteiger partial charge on any atom is -0.492 e. The van der Waals surface area contributed by atoms with Gasteiger partial charge in [-0.3, -0.25) is 4.79 Å². The highest BCUT2D eigenvalue weighted by atomic mass is 35.5. The number of hydrogen-bond acceptors (Lipinski definition) is 2. The third-order valence-electron chi connectivity index (χ3n) is 1.39. The van der Waals surface area contributed by atoms with Crippen molar-refractivity contribution in [2.24, 2.45) is 0 Å². The molecule has 0 radical (unpaired) electrons. The molecular formula is C9H9ClO2. The Labute approximate surface area is 76.1 Å². The Kier molecular flexibility index (Phi) is 3.11. The second kappa shape index (κ2) is 4.12. The van der Waals surface area contributed by atoms with Crippen molar-refractivity contribution in [2.75, 3.05) is 6.61 Å². The summed E-state index contributed by atoms with van der Waals surface area (Å²) in [5, 5.41) is 0.474. The van der Waals surface area contributed by atoms with E-state index in [9.17, 15) is 4.79 Å². The van der Waals surface area contributed by atoms with Crippen molar-refractivity contribution < 1.29 is 9.53 Å². The van der Waals surface area contributed by atoms with Crippen LogP contribution in [0.25, 0.3) is 0 Å². The standard InChI is InChI=1S/C9H9ClO2/c1-2-12-9-4-3-7(6-11)5-8(9)10/h3-6H,2H2,1H3. The molecule has 3 heteroatoms. The van der Waals surface area contributed by atoms with E-state index in [2.05, 4.69) is 0 Å². The normalized spacial score (nSPS) is 9.50. The molecule has 2 nitrogen and oxygen atoms in total. The first-order chi connectivity index (χ1) is 5.77. The molecule has 0 aliphatic carbocycles. The van der Waals surface area contributed by atoms with E-state index in [0.29, 0.717) is 22.9 Å². The maximum Gasteiger partial charge on any atom is 0.150 e. The summed E-state index contributed by atoms with van der Waals surface area (Å²) in [4.78, 5) is 10.3. The molecule has 0 heterocycles. The molecule has 0 spiro atoms. The molecule has 0 bridgehead atoms. The molecule has 0 N–H and O–H groups in total. The summed E-state index contributed by atoms with van der Waals surface area (Å²) in [6.07, 6.45) is 0.752. The van der Waals surface area contributed by atoms with Gasteiger partial charge in [-0.1, -0.05) is 11.6 Å². The third-order valence-corrected chi connectivity index (χ3v) is 1.69. The first-order valence-electron chi connectivity index (χ1n) is 3.65. The van der Waals surface area contributed by atoms with Gasteiger partial charge in [0.25, 0.3) is 0 Å². The van der Waals surface area contributed by atoms with Crippen molar-refractivity contribution in [3.8, 4) is 5.75 Å². The van der Waals surface area contributed by atoms with Gasteiger partial charge in [0.05, 0.1) is 11.6 Å². The molecule has 0 aliphatic rings. The molecule has 1 rings (SSSR count). The first-order valence-corrected chi connectivity index (χ1v) is 4.03. The molecular weight excluding hydrogens is 176 g/mol. The molecule has 0 aliphatic heterocycles. The monoisotopic (exact) mass is 184 g/mol. The molecule has 0 aromatic heterocycles. The van der Waals surface area contributed by atoms with Crippen LogP contribution in [0.3, 0.4) is 0 Å². The summed E-state index contributed by atoms with van der Waals surface area (Å²) < 4.78 is 5.19. The third kappa shape index (κ3) is 1.98. The Morgan fingerprint density at radius 1 is 1.58 bits per heavy atom. The summed E-state index contributed by atoms with van der Waals surface area (Å²) in [5.74, 6) is 0.616. The lowest BCUT2D eigenvalue weighted by atomic mass is 10.2. The van der Waals surface area contributed by atoms with Gasteiger partial charge in [0.2, 0.25) is 0 Å². The smallest absolute Gasteiger partial charge is 0.150 e. The lowest BCUT2D eigenvalue weighted by molar-refractivity contribution is 0.112. The maximum absolute atomic E-state index is 10.3. The molecule has 0 saturated carbocycles. The lowest BCUT2D eigenvalue weighted by Crippen LogP contribution is -1.92.